The molecule has 1 unspecified atom stereocenters. The maximum Gasteiger partial charge on any atom is 0.416 e. The zero-order valence-electron chi connectivity index (χ0n) is 17.8. The molecule has 0 radical (unpaired) electrons. The summed E-state index contributed by atoms with van der Waals surface area (Å²) in [6.45, 7) is 0.817. The SMILES string of the molecule is O=C1C2=C(C(c3ccccc3)=NCCN2)C(c2ccc(F)cc2)N1c1cccc(C(F)(F)F)c1. The highest BCUT2D eigenvalue weighted by molar-refractivity contribution is 6.23. The maximum absolute atomic E-state index is 13.7. The van der Waals surface area contributed by atoms with Gasteiger partial charge in [-0.15, -0.1) is 0 Å². The van der Waals surface area contributed by atoms with Gasteiger partial charge in [-0.25, -0.2) is 4.39 Å². The van der Waals surface area contributed by atoms with Gasteiger partial charge in [-0.2, -0.15) is 13.2 Å². The van der Waals surface area contributed by atoms with Crippen molar-refractivity contribution in [2.24, 2.45) is 4.99 Å². The number of carbonyl (C=O) groups excluding carboxylic acids is 1. The third kappa shape index (κ3) is 3.85. The fourth-order valence-corrected chi connectivity index (χ4v) is 4.37. The number of anilines is 1. The van der Waals surface area contributed by atoms with Crippen LogP contribution in [-0.4, -0.2) is 24.7 Å². The molecule has 4 nitrogen and oxygen atoms in total. The molecule has 1 atom stereocenters. The van der Waals surface area contributed by atoms with Crippen LogP contribution in [0.5, 0.6) is 0 Å². The van der Waals surface area contributed by atoms with Crippen LogP contribution in [0, 0.1) is 5.82 Å². The van der Waals surface area contributed by atoms with E-state index < -0.39 is 29.5 Å². The minimum Gasteiger partial charge on any atom is -0.378 e. The Bertz CT molecular complexity index is 1300. The van der Waals surface area contributed by atoms with E-state index in [0.29, 0.717) is 29.9 Å². The molecule has 0 saturated carbocycles. The van der Waals surface area contributed by atoms with Crippen LogP contribution in [-0.2, 0) is 11.0 Å². The van der Waals surface area contributed by atoms with Crippen LogP contribution in [0.3, 0.4) is 0 Å². The fraction of sp³-hybridized carbons (Fsp3) is 0.154. The summed E-state index contributed by atoms with van der Waals surface area (Å²) in [7, 11) is 0. The molecule has 172 valence electrons. The topological polar surface area (TPSA) is 44.7 Å². The van der Waals surface area contributed by atoms with Gasteiger partial charge in [0.2, 0.25) is 0 Å². The van der Waals surface area contributed by atoms with Gasteiger partial charge in [0.05, 0.1) is 23.9 Å². The van der Waals surface area contributed by atoms with E-state index in [1.165, 1.54) is 41.3 Å². The lowest BCUT2D eigenvalue weighted by molar-refractivity contribution is -0.137. The van der Waals surface area contributed by atoms with Gasteiger partial charge in [0.15, 0.2) is 0 Å². The number of hydrogen-bond acceptors (Lipinski definition) is 3. The highest BCUT2D eigenvalue weighted by Crippen LogP contribution is 2.43. The zero-order valence-corrected chi connectivity index (χ0v) is 17.8. The van der Waals surface area contributed by atoms with Gasteiger partial charge in [0.1, 0.15) is 11.5 Å². The smallest absolute Gasteiger partial charge is 0.378 e. The number of halogens is 4. The molecule has 0 spiro atoms. The first kappa shape index (κ1) is 21.9. The Morgan fingerprint density at radius 3 is 2.38 bits per heavy atom. The van der Waals surface area contributed by atoms with Gasteiger partial charge in [-0.1, -0.05) is 48.5 Å². The number of alkyl halides is 3. The van der Waals surface area contributed by atoms with Gasteiger partial charge >= 0.3 is 6.18 Å². The first-order valence-electron chi connectivity index (χ1n) is 10.7. The number of nitrogens with zero attached hydrogens (tertiary/aromatic N) is 2. The van der Waals surface area contributed by atoms with Gasteiger partial charge in [0.25, 0.3) is 5.91 Å². The molecule has 0 bridgehead atoms. The molecular formula is C26H19F4N3O. The van der Waals surface area contributed by atoms with Crippen molar-refractivity contribution in [2.75, 3.05) is 18.0 Å². The predicted molar refractivity (Wildman–Crippen MR) is 121 cm³/mol. The maximum atomic E-state index is 13.7. The third-order valence-corrected chi connectivity index (χ3v) is 5.86. The molecule has 3 aromatic rings. The Kier molecular flexibility index (Phi) is 5.43. The number of hydrogen-bond donors (Lipinski definition) is 1. The lowest BCUT2D eigenvalue weighted by atomic mass is 9.91. The van der Waals surface area contributed by atoms with E-state index in [9.17, 15) is 22.4 Å². The Hall–Kier alpha value is -3.94. The summed E-state index contributed by atoms with van der Waals surface area (Å²) in [5.41, 5.74) is 2.00. The zero-order chi connectivity index (χ0) is 23.9. The molecule has 1 N–H and O–H groups in total. The Balaban J connectivity index is 1.72. The summed E-state index contributed by atoms with van der Waals surface area (Å²) < 4.78 is 54.1. The van der Waals surface area contributed by atoms with E-state index in [1.807, 2.05) is 30.3 Å². The average molecular weight is 465 g/mol. The van der Waals surface area contributed by atoms with Crippen LogP contribution in [0.15, 0.2) is 95.1 Å². The summed E-state index contributed by atoms with van der Waals surface area (Å²) in [5, 5.41) is 3.13. The van der Waals surface area contributed by atoms with Crippen molar-refractivity contribution in [1.29, 1.82) is 0 Å². The number of carbonyl (C=O) groups is 1. The van der Waals surface area contributed by atoms with E-state index in [-0.39, 0.29) is 11.4 Å². The lowest BCUT2D eigenvalue weighted by Crippen LogP contribution is -2.34. The highest BCUT2D eigenvalue weighted by Gasteiger charge is 2.44. The van der Waals surface area contributed by atoms with Crippen molar-refractivity contribution in [3.05, 3.63) is 113 Å². The quantitative estimate of drug-likeness (QED) is 0.535. The van der Waals surface area contributed by atoms with Gasteiger partial charge in [0, 0.05) is 23.4 Å². The van der Waals surface area contributed by atoms with Crippen molar-refractivity contribution in [3.8, 4) is 0 Å². The Morgan fingerprint density at radius 1 is 0.941 bits per heavy atom. The average Bonchev–Trinajstić information content (AvgIpc) is 2.97. The molecule has 8 heteroatoms. The largest absolute Gasteiger partial charge is 0.416 e. The van der Waals surface area contributed by atoms with Crippen molar-refractivity contribution in [3.63, 3.8) is 0 Å². The molecule has 0 fully saturated rings. The lowest BCUT2D eigenvalue weighted by Gasteiger charge is -2.29. The summed E-state index contributed by atoms with van der Waals surface area (Å²) in [5.74, 6) is -0.919. The van der Waals surface area contributed by atoms with Gasteiger partial charge < -0.3 is 5.32 Å². The normalized spacial score (nSPS) is 18.4. The molecule has 2 aliphatic rings. The second-order valence-electron chi connectivity index (χ2n) is 7.99. The van der Waals surface area contributed by atoms with Crippen molar-refractivity contribution >= 4 is 17.3 Å². The molecule has 2 aliphatic heterocycles. The molecule has 1 amide bonds. The standard InChI is InChI=1S/C26H19F4N3O/c27-19-11-9-17(10-12-19)24-21-22(16-5-2-1-3-6-16)31-13-14-32-23(21)25(34)33(24)20-8-4-7-18(15-20)26(28,29)30/h1-12,15,24,32H,13-14H2. The summed E-state index contributed by atoms with van der Waals surface area (Å²) in [6.07, 6.45) is -4.57. The monoisotopic (exact) mass is 465 g/mol. The van der Waals surface area contributed by atoms with Gasteiger partial charge in [-0.3, -0.25) is 14.7 Å². The minimum absolute atomic E-state index is 0.0939. The summed E-state index contributed by atoms with van der Waals surface area (Å²) in [4.78, 5) is 19.7. The second kappa shape index (κ2) is 8.44. The molecule has 0 saturated heterocycles. The van der Waals surface area contributed by atoms with Crippen LogP contribution < -0.4 is 10.2 Å². The minimum atomic E-state index is -4.57. The van der Waals surface area contributed by atoms with Crippen LogP contribution in [0.1, 0.15) is 22.7 Å². The van der Waals surface area contributed by atoms with Crippen molar-refractivity contribution in [2.45, 2.75) is 12.2 Å². The van der Waals surface area contributed by atoms with E-state index in [0.717, 1.165) is 17.7 Å². The molecule has 5 rings (SSSR count). The molecule has 0 aliphatic carbocycles. The first-order valence-corrected chi connectivity index (χ1v) is 10.7. The van der Waals surface area contributed by atoms with E-state index in [4.69, 9.17) is 4.99 Å². The fourth-order valence-electron chi connectivity index (χ4n) is 4.37. The van der Waals surface area contributed by atoms with E-state index in [1.54, 1.807) is 0 Å². The number of amides is 1. The Labute approximate surface area is 193 Å². The van der Waals surface area contributed by atoms with Crippen LogP contribution in [0.4, 0.5) is 23.2 Å². The second-order valence-corrected chi connectivity index (χ2v) is 7.99. The molecule has 3 aromatic carbocycles. The van der Waals surface area contributed by atoms with Gasteiger partial charge in [-0.05, 0) is 35.9 Å². The van der Waals surface area contributed by atoms with Crippen LogP contribution in [0.2, 0.25) is 0 Å². The third-order valence-electron chi connectivity index (χ3n) is 5.86. The number of nitrogens with one attached hydrogen (secondary N) is 1. The molecule has 34 heavy (non-hydrogen) atoms. The summed E-state index contributed by atoms with van der Waals surface area (Å²) in [6, 6.07) is 18.8. The van der Waals surface area contributed by atoms with Crippen LogP contribution >= 0.6 is 0 Å². The molecule has 2 heterocycles. The predicted octanol–water partition coefficient (Wildman–Crippen LogP) is 5.28. The number of rotatable bonds is 3. The summed E-state index contributed by atoms with van der Waals surface area (Å²) >= 11 is 0. The van der Waals surface area contributed by atoms with Crippen molar-refractivity contribution < 1.29 is 22.4 Å². The Morgan fingerprint density at radius 2 is 1.68 bits per heavy atom. The number of aliphatic imine (C=N–C) groups is 1. The molecule has 0 aromatic heterocycles. The number of benzene rings is 3. The van der Waals surface area contributed by atoms with E-state index in [2.05, 4.69) is 5.32 Å². The molecular weight excluding hydrogens is 446 g/mol. The first-order chi connectivity index (χ1) is 16.3. The van der Waals surface area contributed by atoms with Crippen LogP contribution in [0.25, 0.3) is 0 Å². The van der Waals surface area contributed by atoms with E-state index >= 15 is 0 Å². The van der Waals surface area contributed by atoms with Crippen molar-refractivity contribution in [1.82, 2.24) is 5.32 Å². The highest BCUT2D eigenvalue weighted by atomic mass is 19.4.